The van der Waals surface area contributed by atoms with Gasteiger partial charge in [0.25, 0.3) is 0 Å². The molecule has 2 aromatic carbocycles. The third-order valence-corrected chi connectivity index (χ3v) is 7.39. The highest BCUT2D eigenvalue weighted by atomic mass is 32.2. The fourth-order valence-corrected chi connectivity index (χ4v) is 5.44. The molecule has 2 nitrogen and oxygen atoms in total. The van der Waals surface area contributed by atoms with Gasteiger partial charge in [-0.25, -0.2) is 0 Å². The highest BCUT2D eigenvalue weighted by Crippen LogP contribution is 2.37. The second-order valence-electron chi connectivity index (χ2n) is 7.43. The molecule has 4 rings (SSSR count). The van der Waals surface area contributed by atoms with Crippen molar-refractivity contribution in [1.82, 2.24) is 5.32 Å². The molecule has 2 heterocycles. The number of hydrogen-bond acceptors (Lipinski definition) is 4. The van der Waals surface area contributed by atoms with Crippen molar-refractivity contribution in [2.75, 3.05) is 6.54 Å². The molecule has 28 heavy (non-hydrogen) atoms. The third kappa shape index (κ3) is 3.90. The lowest BCUT2D eigenvalue weighted by molar-refractivity contribution is 0.904. The maximum absolute atomic E-state index is 5.74. The minimum absolute atomic E-state index is 0.701. The lowest BCUT2D eigenvalue weighted by atomic mass is 9.95. The van der Waals surface area contributed by atoms with Crippen LogP contribution in [-0.4, -0.2) is 6.54 Å². The second-order valence-corrected chi connectivity index (χ2v) is 9.26. The smallest absolute Gasteiger partial charge is 0.0379 e. The molecule has 0 saturated heterocycles. The number of rotatable bonds is 5. The van der Waals surface area contributed by atoms with E-state index in [0.717, 1.165) is 12.8 Å². The summed E-state index contributed by atoms with van der Waals surface area (Å²) >= 11 is 3.62. The van der Waals surface area contributed by atoms with Gasteiger partial charge < -0.3 is 11.1 Å². The van der Waals surface area contributed by atoms with E-state index in [9.17, 15) is 0 Å². The Morgan fingerprint density at radius 3 is 2.54 bits per heavy atom. The van der Waals surface area contributed by atoms with Crippen LogP contribution >= 0.6 is 23.1 Å². The zero-order chi connectivity index (χ0) is 19.7. The number of thioether (sulfide) groups is 1. The van der Waals surface area contributed by atoms with Gasteiger partial charge in [-0.15, -0.1) is 11.3 Å². The van der Waals surface area contributed by atoms with E-state index in [2.05, 4.69) is 73.3 Å². The molecular formula is C24H26N2S2. The van der Waals surface area contributed by atoms with Gasteiger partial charge in [0.1, 0.15) is 0 Å². The van der Waals surface area contributed by atoms with Crippen molar-refractivity contribution >= 4 is 38.1 Å². The summed E-state index contributed by atoms with van der Waals surface area (Å²) in [7, 11) is 0. The zero-order valence-corrected chi connectivity index (χ0v) is 18.3. The molecule has 3 N–H and O–H groups in total. The van der Waals surface area contributed by atoms with Crippen LogP contribution < -0.4 is 11.1 Å². The lowest BCUT2D eigenvalue weighted by Gasteiger charge is -2.22. The molecule has 1 aliphatic heterocycles. The van der Waals surface area contributed by atoms with Crippen molar-refractivity contribution in [2.24, 2.45) is 5.73 Å². The van der Waals surface area contributed by atoms with E-state index in [1.165, 1.54) is 54.2 Å². The largest absolute Gasteiger partial charge is 0.361 e. The number of fused-ring (bicyclic) bond motifs is 1. The summed E-state index contributed by atoms with van der Waals surface area (Å²) in [6.45, 7) is 7.27. The fourth-order valence-electron chi connectivity index (χ4n) is 3.78. The maximum atomic E-state index is 5.74. The molecule has 0 aliphatic carbocycles. The molecule has 3 aromatic rings. The number of benzene rings is 2. The van der Waals surface area contributed by atoms with Gasteiger partial charge >= 0.3 is 0 Å². The van der Waals surface area contributed by atoms with Crippen LogP contribution in [0.3, 0.4) is 0 Å². The van der Waals surface area contributed by atoms with Crippen LogP contribution in [-0.2, 0) is 12.8 Å². The quantitative estimate of drug-likeness (QED) is 0.535. The number of nitrogens with one attached hydrogen (secondary N) is 1. The molecule has 0 atom stereocenters. The van der Waals surface area contributed by atoms with E-state index in [-0.39, 0.29) is 0 Å². The highest BCUT2D eigenvalue weighted by Gasteiger charge is 2.15. The molecule has 4 heteroatoms. The Kier molecular flexibility index (Phi) is 5.63. The molecule has 0 saturated carbocycles. The highest BCUT2D eigenvalue weighted by molar-refractivity contribution is 8.11. The Hall–Kier alpha value is -2.01. The van der Waals surface area contributed by atoms with Gasteiger partial charge in [0.2, 0.25) is 0 Å². The van der Waals surface area contributed by atoms with E-state index in [0.29, 0.717) is 6.54 Å². The van der Waals surface area contributed by atoms with Crippen molar-refractivity contribution in [3.8, 4) is 0 Å². The second kappa shape index (κ2) is 8.16. The molecule has 0 amide bonds. The molecule has 0 fully saturated rings. The number of nitrogens with two attached hydrogens (primary N) is 1. The van der Waals surface area contributed by atoms with Crippen LogP contribution in [0, 0.1) is 13.8 Å². The molecule has 0 unspecified atom stereocenters. The average molecular weight is 407 g/mol. The van der Waals surface area contributed by atoms with E-state index >= 15 is 0 Å². The monoisotopic (exact) mass is 406 g/mol. The first-order valence-electron chi connectivity index (χ1n) is 9.65. The van der Waals surface area contributed by atoms with E-state index < -0.39 is 0 Å². The first-order valence-corrected chi connectivity index (χ1v) is 11.4. The molecule has 144 valence electrons. The van der Waals surface area contributed by atoms with Gasteiger partial charge in [-0.1, -0.05) is 30.0 Å². The standard InChI is InChI=1S/C24H26N2S2/c1-15-11-21(16(2)10-18(15)6-8-25)13-22-14-28-24(17(3)26-22)20-4-5-23-19(12-20)7-9-27-23/h4-5,7,9-12,14,26H,6,8,13,25H2,1-3H3. The zero-order valence-electron chi connectivity index (χ0n) is 16.6. The Balaban J connectivity index is 1.53. The van der Waals surface area contributed by atoms with Crippen LogP contribution in [0.4, 0.5) is 0 Å². The number of thiophene rings is 1. The molecule has 1 aliphatic rings. The fraction of sp³-hybridized carbons (Fsp3) is 0.250. The summed E-state index contributed by atoms with van der Waals surface area (Å²) in [6.07, 6.45) is 1.88. The normalized spacial score (nSPS) is 14.4. The minimum Gasteiger partial charge on any atom is -0.361 e. The summed E-state index contributed by atoms with van der Waals surface area (Å²) in [5, 5.41) is 9.39. The molecule has 0 radical (unpaired) electrons. The van der Waals surface area contributed by atoms with Crippen molar-refractivity contribution in [1.29, 1.82) is 0 Å². The van der Waals surface area contributed by atoms with Gasteiger partial charge in [0.05, 0.1) is 0 Å². The van der Waals surface area contributed by atoms with Crippen molar-refractivity contribution in [3.63, 3.8) is 0 Å². The van der Waals surface area contributed by atoms with E-state index in [1.807, 2.05) is 11.8 Å². The van der Waals surface area contributed by atoms with Crippen LogP contribution in [0.5, 0.6) is 0 Å². The van der Waals surface area contributed by atoms with Crippen LogP contribution in [0.1, 0.15) is 34.7 Å². The van der Waals surface area contributed by atoms with Gasteiger partial charge in [-0.3, -0.25) is 0 Å². The van der Waals surface area contributed by atoms with Crippen molar-refractivity contribution in [2.45, 2.75) is 33.6 Å². The third-order valence-electron chi connectivity index (χ3n) is 5.31. The number of allylic oxidation sites excluding steroid dienone is 2. The SMILES string of the molecule is CC1=C(c2ccc3sccc3c2)SC=C(Cc2cc(C)c(CCN)cc2C)N1. The van der Waals surface area contributed by atoms with Crippen LogP contribution in [0.25, 0.3) is 15.0 Å². The average Bonchev–Trinajstić information content (AvgIpc) is 3.14. The Bertz CT molecular complexity index is 1090. The van der Waals surface area contributed by atoms with E-state index in [4.69, 9.17) is 5.73 Å². The Morgan fingerprint density at radius 1 is 0.964 bits per heavy atom. The predicted molar refractivity (Wildman–Crippen MR) is 126 cm³/mol. The first-order chi connectivity index (χ1) is 13.5. The predicted octanol–water partition coefficient (Wildman–Crippen LogP) is 6.13. The molecular weight excluding hydrogens is 380 g/mol. The van der Waals surface area contributed by atoms with Crippen molar-refractivity contribution < 1.29 is 0 Å². The Labute approximate surface area is 175 Å². The summed E-state index contributed by atoms with van der Waals surface area (Å²) in [5.74, 6) is 0. The van der Waals surface area contributed by atoms with Gasteiger partial charge in [-0.05, 0) is 95.9 Å². The van der Waals surface area contributed by atoms with Gasteiger partial charge in [0, 0.05) is 27.4 Å². The van der Waals surface area contributed by atoms with E-state index in [1.54, 1.807) is 11.3 Å². The lowest BCUT2D eigenvalue weighted by Crippen LogP contribution is -2.17. The molecule has 1 aromatic heterocycles. The maximum Gasteiger partial charge on any atom is 0.0379 e. The summed E-state index contributed by atoms with van der Waals surface area (Å²) < 4.78 is 1.34. The first kappa shape index (κ1) is 19.3. The molecule has 0 bridgehead atoms. The Morgan fingerprint density at radius 2 is 1.75 bits per heavy atom. The number of aryl methyl sites for hydroxylation is 2. The van der Waals surface area contributed by atoms with Crippen LogP contribution in [0.2, 0.25) is 0 Å². The van der Waals surface area contributed by atoms with Gasteiger partial charge in [-0.2, -0.15) is 0 Å². The number of hydrogen-bond donors (Lipinski definition) is 2. The minimum atomic E-state index is 0.701. The summed E-state index contributed by atoms with van der Waals surface area (Å²) in [5.41, 5.74) is 15.0. The molecule has 0 spiro atoms. The van der Waals surface area contributed by atoms with Crippen LogP contribution in [0.15, 0.2) is 58.6 Å². The summed E-state index contributed by atoms with van der Waals surface area (Å²) in [4.78, 5) is 1.31. The topological polar surface area (TPSA) is 38.0 Å². The van der Waals surface area contributed by atoms with Gasteiger partial charge in [0.15, 0.2) is 0 Å². The summed E-state index contributed by atoms with van der Waals surface area (Å²) in [6, 6.07) is 13.6. The van der Waals surface area contributed by atoms with Crippen molar-refractivity contribution in [3.05, 3.63) is 86.4 Å².